The molecule has 5 aliphatic carbocycles. The number of carbonyl (C=O) groups is 4. The summed E-state index contributed by atoms with van der Waals surface area (Å²) in [6.07, 6.45) is 9.22. The number of pyridine rings is 1. The van der Waals surface area contributed by atoms with E-state index in [1.165, 1.54) is 5.57 Å². The van der Waals surface area contributed by atoms with E-state index < -0.39 is 22.9 Å². The summed E-state index contributed by atoms with van der Waals surface area (Å²) in [6, 6.07) is 3.58. The van der Waals surface area contributed by atoms with Crippen molar-refractivity contribution in [2.24, 2.45) is 50.7 Å². The highest BCUT2D eigenvalue weighted by Crippen LogP contribution is 2.76. The normalized spacial score (nSPS) is 37.7. The molecule has 50 heavy (non-hydrogen) atoms. The molecule has 0 aliphatic heterocycles. The van der Waals surface area contributed by atoms with Crippen molar-refractivity contribution >= 4 is 23.6 Å². The van der Waals surface area contributed by atoms with Crippen molar-refractivity contribution in [1.82, 2.24) is 10.3 Å². The number of aryl methyl sites for hydroxylation is 1. The van der Waals surface area contributed by atoms with Gasteiger partial charge in [-0.05, 0) is 135 Å². The van der Waals surface area contributed by atoms with E-state index in [-0.39, 0.29) is 57.7 Å². The number of ether oxygens (including phenoxy) is 1. The summed E-state index contributed by atoms with van der Waals surface area (Å²) >= 11 is 0. The predicted octanol–water partition coefficient (Wildman–Crippen LogP) is 8.27. The van der Waals surface area contributed by atoms with E-state index in [4.69, 9.17) is 4.74 Å². The van der Waals surface area contributed by atoms with E-state index in [2.05, 4.69) is 58.8 Å². The van der Waals surface area contributed by atoms with Crippen molar-refractivity contribution in [3.63, 3.8) is 0 Å². The predicted molar refractivity (Wildman–Crippen MR) is 192 cm³/mol. The molecule has 1 heterocycles. The van der Waals surface area contributed by atoms with Gasteiger partial charge < -0.3 is 15.2 Å². The number of Topliss-reactive ketones (excluding diaryl/α,β-unsaturated/α-hetero) is 1. The van der Waals surface area contributed by atoms with Crippen LogP contribution in [0.15, 0.2) is 29.5 Å². The molecule has 4 fully saturated rings. The Kier molecular flexibility index (Phi) is 8.83. The van der Waals surface area contributed by atoms with Gasteiger partial charge in [0.15, 0.2) is 5.78 Å². The number of carboxylic acid groups (broad SMARTS) is 1. The summed E-state index contributed by atoms with van der Waals surface area (Å²) in [7, 11) is 0. The van der Waals surface area contributed by atoms with E-state index in [1.54, 1.807) is 26.1 Å². The topological polar surface area (TPSA) is 123 Å². The minimum Gasteiger partial charge on any atom is -0.481 e. The summed E-state index contributed by atoms with van der Waals surface area (Å²) in [4.78, 5) is 56.8. The summed E-state index contributed by atoms with van der Waals surface area (Å²) in [5, 5.41) is 13.1. The van der Waals surface area contributed by atoms with Gasteiger partial charge in [0.2, 0.25) is 0 Å². The van der Waals surface area contributed by atoms with Gasteiger partial charge in [0.25, 0.3) is 5.91 Å². The largest absolute Gasteiger partial charge is 0.481 e. The summed E-state index contributed by atoms with van der Waals surface area (Å²) in [5.41, 5.74) is 1.51. The molecule has 274 valence electrons. The number of aromatic nitrogens is 1. The maximum absolute atomic E-state index is 13.9. The molecule has 1 aromatic heterocycles. The first kappa shape index (κ1) is 36.8. The number of nitrogens with zero attached hydrogens (tertiary/aromatic N) is 1. The van der Waals surface area contributed by atoms with Gasteiger partial charge in [-0.2, -0.15) is 0 Å². The van der Waals surface area contributed by atoms with Crippen molar-refractivity contribution in [2.45, 2.75) is 145 Å². The summed E-state index contributed by atoms with van der Waals surface area (Å²) < 4.78 is 6.15. The van der Waals surface area contributed by atoms with Crippen LogP contribution in [0.2, 0.25) is 0 Å². The van der Waals surface area contributed by atoms with Gasteiger partial charge in [-0.1, -0.05) is 48.5 Å². The minimum absolute atomic E-state index is 0.0331. The molecule has 6 rings (SSSR count). The number of hydrogen-bond donors (Lipinski definition) is 2. The molecule has 0 aromatic carbocycles. The van der Waals surface area contributed by atoms with Crippen LogP contribution in [-0.2, 0) is 19.1 Å². The number of aliphatic carboxylic acids is 1. The molecule has 5 aliphatic rings. The molecule has 0 bridgehead atoms. The van der Waals surface area contributed by atoms with Crippen LogP contribution >= 0.6 is 0 Å². The Hall–Kier alpha value is -3.03. The van der Waals surface area contributed by atoms with Gasteiger partial charge in [0.1, 0.15) is 6.10 Å². The molecule has 1 aromatic rings. The number of carboxylic acids is 1. The summed E-state index contributed by atoms with van der Waals surface area (Å²) in [5.74, 6) is -0.238. The van der Waals surface area contributed by atoms with Crippen molar-refractivity contribution < 1.29 is 29.0 Å². The first-order chi connectivity index (χ1) is 23.1. The maximum Gasteiger partial charge on any atom is 0.309 e. The smallest absolute Gasteiger partial charge is 0.309 e. The first-order valence-corrected chi connectivity index (χ1v) is 19.1. The van der Waals surface area contributed by atoms with Gasteiger partial charge in [-0.25, -0.2) is 0 Å². The number of esters is 1. The van der Waals surface area contributed by atoms with E-state index in [9.17, 15) is 24.3 Å². The number of allylic oxidation sites excluding steroid dienone is 1. The van der Waals surface area contributed by atoms with Gasteiger partial charge in [-0.15, -0.1) is 0 Å². The molecule has 0 radical (unpaired) electrons. The minimum atomic E-state index is -1.17. The molecule has 1 amide bonds. The number of rotatable bonds is 7. The second-order valence-electron chi connectivity index (χ2n) is 19.1. The van der Waals surface area contributed by atoms with Crippen LogP contribution in [0, 0.1) is 57.7 Å². The number of amides is 1. The van der Waals surface area contributed by atoms with Gasteiger partial charge >= 0.3 is 11.9 Å². The van der Waals surface area contributed by atoms with Gasteiger partial charge in [0.05, 0.1) is 17.4 Å². The van der Waals surface area contributed by atoms with Crippen molar-refractivity contribution in [1.29, 1.82) is 0 Å². The fraction of sp³-hybridized carbons (Fsp3) is 0.738. The maximum atomic E-state index is 13.9. The van der Waals surface area contributed by atoms with Crippen LogP contribution in [0.25, 0.3) is 0 Å². The Bertz CT molecular complexity index is 1640. The third-order valence-corrected chi connectivity index (χ3v) is 15.3. The number of carbonyl (C=O) groups excluding carboxylic acids is 3. The van der Waals surface area contributed by atoms with Crippen molar-refractivity contribution in [3.05, 3.63) is 40.7 Å². The van der Waals surface area contributed by atoms with E-state index in [0.29, 0.717) is 23.8 Å². The second kappa shape index (κ2) is 12.0. The fourth-order valence-electron chi connectivity index (χ4n) is 12.6. The third-order valence-electron chi connectivity index (χ3n) is 15.3. The molecule has 8 nitrogen and oxygen atoms in total. The van der Waals surface area contributed by atoms with Gasteiger partial charge in [-0.3, -0.25) is 24.2 Å². The highest BCUT2D eigenvalue weighted by atomic mass is 16.5. The van der Waals surface area contributed by atoms with Gasteiger partial charge in [0, 0.05) is 29.3 Å². The highest BCUT2D eigenvalue weighted by molar-refractivity contribution is 6.03. The van der Waals surface area contributed by atoms with Crippen LogP contribution in [0.5, 0.6) is 0 Å². The average molecular weight is 689 g/mol. The molecular formula is C42H60N2O6. The molecule has 0 unspecified atom stereocenters. The van der Waals surface area contributed by atoms with Crippen LogP contribution in [0.4, 0.5) is 0 Å². The lowest BCUT2D eigenvalue weighted by molar-refractivity contribution is -0.232. The molecule has 0 spiro atoms. The first-order valence-electron chi connectivity index (χ1n) is 19.1. The number of ketones is 1. The van der Waals surface area contributed by atoms with Crippen molar-refractivity contribution in [2.75, 3.05) is 0 Å². The summed E-state index contributed by atoms with van der Waals surface area (Å²) in [6.45, 7) is 21.4. The zero-order valence-electron chi connectivity index (χ0n) is 32.1. The molecular weight excluding hydrogens is 628 g/mol. The molecule has 4 saturated carbocycles. The number of nitrogens with one attached hydrogen (secondary N) is 1. The molecule has 8 heteroatoms. The lowest BCUT2D eigenvalue weighted by Crippen LogP contribution is -2.67. The molecule has 2 N–H and O–H groups in total. The van der Waals surface area contributed by atoms with E-state index in [1.807, 2.05) is 13.0 Å². The lowest BCUT2D eigenvalue weighted by Gasteiger charge is -2.72. The van der Waals surface area contributed by atoms with Crippen LogP contribution < -0.4 is 5.32 Å². The number of hydrogen-bond acceptors (Lipinski definition) is 6. The van der Waals surface area contributed by atoms with Crippen LogP contribution in [-0.4, -0.2) is 45.4 Å². The standard InChI is InChI=1S/C42H60N2O6/c1-24(2)33-28(45)22-42(44-35(47)26-15-20-43-25(3)21-26)19-18-40(9)27(34(33)42)11-12-30-39(8)16-14-31(50-32(46)23-37(4,5)36(48)49)38(6,7)29(39)13-17-41(30,40)10/h15,20-21,24,27,29-31H,11-14,16-19,22-23H2,1-10H3,(H,44,47)(H,48,49)/t27-,29+,30-,31+,39+,40-,41-,42-/m1/s1. The quantitative estimate of drug-likeness (QED) is 0.277. The fourth-order valence-corrected chi connectivity index (χ4v) is 12.6. The Labute approximate surface area is 299 Å². The van der Waals surface area contributed by atoms with Crippen LogP contribution in [0.3, 0.4) is 0 Å². The van der Waals surface area contributed by atoms with Crippen LogP contribution in [0.1, 0.15) is 143 Å². The Morgan fingerprint density at radius 2 is 1.68 bits per heavy atom. The molecule has 8 atom stereocenters. The van der Waals surface area contributed by atoms with E-state index >= 15 is 0 Å². The Balaban J connectivity index is 1.30. The highest BCUT2D eigenvalue weighted by Gasteiger charge is 2.70. The lowest BCUT2D eigenvalue weighted by atomic mass is 9.33. The monoisotopic (exact) mass is 688 g/mol. The zero-order chi connectivity index (χ0) is 36.8. The van der Waals surface area contributed by atoms with E-state index in [0.717, 1.165) is 62.6 Å². The Morgan fingerprint density at radius 3 is 2.32 bits per heavy atom. The zero-order valence-corrected chi connectivity index (χ0v) is 32.1. The third kappa shape index (κ3) is 5.39. The van der Waals surface area contributed by atoms with Crippen molar-refractivity contribution in [3.8, 4) is 0 Å². The molecule has 0 saturated heterocycles. The SMILES string of the molecule is Cc1cc(C(=O)N[C@@]23CC[C@]4(C)[C@H](CC[C@@H]5[C@@]6(C)CC[C@H](OC(=O)CC(C)(C)C(=O)O)C(C)(C)[C@@H]6CC[C@]54C)C2=C(C(C)C)C(=O)C3)ccn1. The average Bonchev–Trinajstić information content (AvgIpc) is 3.30. The second-order valence-corrected chi connectivity index (χ2v) is 19.1. The Morgan fingerprint density at radius 1 is 0.980 bits per heavy atom. The number of fused-ring (bicyclic) bond motifs is 7.